The van der Waals surface area contributed by atoms with Gasteiger partial charge in [-0.2, -0.15) is 0 Å². The average Bonchev–Trinajstić information content (AvgIpc) is 2.55. The molecule has 0 unspecified atom stereocenters. The number of hydrogen-bond acceptors (Lipinski definition) is 2. The van der Waals surface area contributed by atoms with Gasteiger partial charge in [0.25, 0.3) is 0 Å². The van der Waals surface area contributed by atoms with E-state index >= 15 is 0 Å². The molecule has 0 spiro atoms. The van der Waals surface area contributed by atoms with Gasteiger partial charge in [0.05, 0.1) is 5.38 Å². The highest BCUT2D eigenvalue weighted by molar-refractivity contribution is 7.10. The quantitative estimate of drug-likeness (QED) is 0.616. The Kier molecular flexibility index (Phi) is 2.16. The number of halogens is 1. The zero-order valence-corrected chi connectivity index (χ0v) is 7.57. The second-order valence-corrected chi connectivity index (χ2v) is 4.15. The molecule has 0 aliphatic carbocycles. The minimum Gasteiger partial charge on any atom is -0.371 e. The molecule has 1 aromatic heterocycles. The number of thiophene rings is 1. The largest absolute Gasteiger partial charge is 0.371 e. The maximum Gasteiger partial charge on any atom is 0.108 e. The van der Waals surface area contributed by atoms with E-state index in [1.165, 1.54) is 4.88 Å². The summed E-state index contributed by atoms with van der Waals surface area (Å²) in [7, 11) is 0. The van der Waals surface area contributed by atoms with Gasteiger partial charge in [0.15, 0.2) is 0 Å². The second-order valence-electron chi connectivity index (χ2n) is 2.61. The van der Waals surface area contributed by atoms with E-state index in [-0.39, 0.29) is 11.5 Å². The molecule has 1 fully saturated rings. The molecule has 2 heterocycles. The summed E-state index contributed by atoms with van der Waals surface area (Å²) in [6.07, 6.45) is 1.13. The summed E-state index contributed by atoms with van der Waals surface area (Å²) in [4.78, 5) is 1.25. The third-order valence-electron chi connectivity index (χ3n) is 1.84. The summed E-state index contributed by atoms with van der Waals surface area (Å²) >= 11 is 7.77. The van der Waals surface area contributed by atoms with Crippen LogP contribution in [-0.4, -0.2) is 12.0 Å². The first-order valence-electron chi connectivity index (χ1n) is 3.67. The summed E-state index contributed by atoms with van der Waals surface area (Å²) in [5.74, 6) is 0. The van der Waals surface area contributed by atoms with Gasteiger partial charge in [-0.1, -0.05) is 6.07 Å². The molecule has 2 rings (SSSR count). The van der Waals surface area contributed by atoms with Gasteiger partial charge >= 0.3 is 0 Å². The Morgan fingerprint density at radius 2 is 2.55 bits per heavy atom. The van der Waals surface area contributed by atoms with Crippen LogP contribution in [0.25, 0.3) is 0 Å². The van der Waals surface area contributed by atoms with E-state index in [1.807, 2.05) is 6.07 Å². The number of hydrogen-bond donors (Lipinski definition) is 0. The lowest BCUT2D eigenvalue weighted by molar-refractivity contribution is 0.116. The molecule has 0 N–H and O–H groups in total. The summed E-state index contributed by atoms with van der Waals surface area (Å²) in [6, 6.07) is 4.11. The number of ether oxygens (including phenoxy) is 1. The van der Waals surface area contributed by atoms with Crippen LogP contribution >= 0.6 is 22.9 Å². The lowest BCUT2D eigenvalue weighted by atomic mass is 10.2. The standard InChI is InChI=1S/C8H9ClOS/c9-6-3-4-10-8(6)7-2-1-5-11-7/h1-2,5-6,8H,3-4H2/t6-,8-/m1/s1. The highest BCUT2D eigenvalue weighted by atomic mass is 35.5. The lowest BCUT2D eigenvalue weighted by Gasteiger charge is -2.09. The maximum atomic E-state index is 6.05. The Bertz CT molecular complexity index is 222. The normalized spacial score (nSPS) is 31.0. The molecule has 0 bridgehead atoms. The molecule has 1 aliphatic heterocycles. The summed E-state index contributed by atoms with van der Waals surface area (Å²) in [5.41, 5.74) is 0. The molecule has 60 valence electrons. The predicted octanol–water partition coefficient (Wildman–Crippen LogP) is 2.82. The first-order valence-corrected chi connectivity index (χ1v) is 4.98. The van der Waals surface area contributed by atoms with Gasteiger partial charge in [0, 0.05) is 11.5 Å². The van der Waals surface area contributed by atoms with Crippen molar-refractivity contribution in [3.63, 3.8) is 0 Å². The maximum absolute atomic E-state index is 6.05. The third-order valence-corrected chi connectivity index (χ3v) is 3.22. The monoisotopic (exact) mass is 188 g/mol. The first-order chi connectivity index (χ1) is 5.38. The van der Waals surface area contributed by atoms with Crippen molar-refractivity contribution < 1.29 is 4.74 Å². The van der Waals surface area contributed by atoms with Crippen LogP contribution in [0.1, 0.15) is 17.4 Å². The Hall–Kier alpha value is -0.0500. The van der Waals surface area contributed by atoms with Gasteiger partial charge in [0.1, 0.15) is 6.10 Å². The highest BCUT2D eigenvalue weighted by Gasteiger charge is 2.28. The molecule has 1 nitrogen and oxygen atoms in total. The van der Waals surface area contributed by atoms with Crippen molar-refractivity contribution in [1.29, 1.82) is 0 Å². The van der Waals surface area contributed by atoms with Crippen molar-refractivity contribution in [3.05, 3.63) is 22.4 Å². The van der Waals surface area contributed by atoms with Crippen LogP contribution < -0.4 is 0 Å². The Balaban J connectivity index is 2.16. The Morgan fingerprint density at radius 3 is 3.09 bits per heavy atom. The summed E-state index contributed by atoms with van der Waals surface area (Å²) in [6.45, 7) is 0.802. The van der Waals surface area contributed by atoms with Crippen molar-refractivity contribution in [2.75, 3.05) is 6.61 Å². The molecular formula is C8H9ClOS. The molecule has 11 heavy (non-hydrogen) atoms. The van der Waals surface area contributed by atoms with Gasteiger partial charge < -0.3 is 4.74 Å². The smallest absolute Gasteiger partial charge is 0.108 e. The van der Waals surface area contributed by atoms with E-state index in [1.54, 1.807) is 11.3 Å². The van der Waals surface area contributed by atoms with Crippen LogP contribution in [0.4, 0.5) is 0 Å². The number of rotatable bonds is 1. The van der Waals surface area contributed by atoms with Crippen molar-refractivity contribution in [1.82, 2.24) is 0 Å². The first kappa shape index (κ1) is 7.59. The SMILES string of the molecule is Cl[C@@H]1CCO[C@H]1c1cccs1. The van der Waals surface area contributed by atoms with E-state index in [4.69, 9.17) is 16.3 Å². The molecule has 0 saturated carbocycles. The second kappa shape index (κ2) is 3.13. The minimum absolute atomic E-state index is 0.150. The van der Waals surface area contributed by atoms with E-state index in [9.17, 15) is 0 Å². The molecule has 1 aromatic rings. The summed E-state index contributed by atoms with van der Waals surface area (Å²) in [5, 5.41) is 2.23. The van der Waals surface area contributed by atoms with Crippen molar-refractivity contribution in [2.24, 2.45) is 0 Å². The van der Waals surface area contributed by atoms with Crippen LogP contribution in [0.3, 0.4) is 0 Å². The predicted molar refractivity (Wildman–Crippen MR) is 47.3 cm³/mol. The van der Waals surface area contributed by atoms with Gasteiger partial charge in [0.2, 0.25) is 0 Å². The fourth-order valence-corrected chi connectivity index (χ4v) is 2.49. The van der Waals surface area contributed by atoms with Crippen LogP contribution in [-0.2, 0) is 4.74 Å². The average molecular weight is 189 g/mol. The van der Waals surface area contributed by atoms with Gasteiger partial charge in [-0.25, -0.2) is 0 Å². The fourth-order valence-electron chi connectivity index (χ4n) is 1.28. The molecule has 0 radical (unpaired) electrons. The van der Waals surface area contributed by atoms with Crippen LogP contribution in [0, 0.1) is 0 Å². The van der Waals surface area contributed by atoms with E-state index in [0.717, 1.165) is 13.0 Å². The zero-order valence-electron chi connectivity index (χ0n) is 6.00. The van der Waals surface area contributed by atoms with Gasteiger partial charge in [-0.15, -0.1) is 22.9 Å². The molecule has 1 aliphatic rings. The molecule has 2 atom stereocenters. The topological polar surface area (TPSA) is 9.23 Å². The van der Waals surface area contributed by atoms with Crippen molar-refractivity contribution >= 4 is 22.9 Å². The molecule has 1 saturated heterocycles. The van der Waals surface area contributed by atoms with Crippen LogP contribution in [0.2, 0.25) is 0 Å². The van der Waals surface area contributed by atoms with Crippen molar-refractivity contribution in [2.45, 2.75) is 17.9 Å². The molecule has 0 aromatic carbocycles. The van der Waals surface area contributed by atoms with E-state index < -0.39 is 0 Å². The lowest BCUT2D eigenvalue weighted by Crippen LogP contribution is -2.03. The number of alkyl halides is 1. The van der Waals surface area contributed by atoms with Gasteiger partial charge in [-0.05, 0) is 17.9 Å². The fraction of sp³-hybridized carbons (Fsp3) is 0.500. The van der Waals surface area contributed by atoms with Gasteiger partial charge in [-0.3, -0.25) is 0 Å². The summed E-state index contributed by atoms with van der Waals surface area (Å²) < 4.78 is 5.49. The van der Waals surface area contributed by atoms with E-state index in [0.29, 0.717) is 0 Å². The Morgan fingerprint density at radius 1 is 1.64 bits per heavy atom. The third kappa shape index (κ3) is 1.43. The molecule has 3 heteroatoms. The van der Waals surface area contributed by atoms with Crippen LogP contribution in [0.15, 0.2) is 17.5 Å². The zero-order chi connectivity index (χ0) is 7.68. The minimum atomic E-state index is 0.150. The van der Waals surface area contributed by atoms with Crippen molar-refractivity contribution in [3.8, 4) is 0 Å². The van der Waals surface area contributed by atoms with E-state index in [2.05, 4.69) is 11.4 Å². The Labute approximate surface area is 74.9 Å². The molecular weight excluding hydrogens is 180 g/mol. The highest BCUT2D eigenvalue weighted by Crippen LogP contribution is 2.35. The van der Waals surface area contributed by atoms with Crippen LogP contribution in [0.5, 0.6) is 0 Å². The molecule has 0 amide bonds.